The minimum absolute atomic E-state index is 0.170. The fourth-order valence-corrected chi connectivity index (χ4v) is 4.40. The molecular formula is C27H27N5O3. The van der Waals surface area contributed by atoms with Gasteiger partial charge in [-0.15, -0.1) is 0 Å². The van der Waals surface area contributed by atoms with Gasteiger partial charge in [0.05, 0.1) is 29.3 Å². The minimum atomic E-state index is -0.461. The Balaban J connectivity index is 1.61. The van der Waals surface area contributed by atoms with Crippen molar-refractivity contribution in [1.82, 2.24) is 14.5 Å². The summed E-state index contributed by atoms with van der Waals surface area (Å²) in [4.78, 5) is 39.6. The van der Waals surface area contributed by atoms with Crippen LogP contribution in [0.3, 0.4) is 0 Å². The normalized spacial score (nSPS) is 13.8. The van der Waals surface area contributed by atoms with Crippen molar-refractivity contribution in [2.24, 2.45) is 0 Å². The number of pyridine rings is 1. The number of esters is 1. The molecule has 8 heteroatoms. The fraction of sp³-hybridized carbons (Fsp3) is 0.259. The van der Waals surface area contributed by atoms with Crippen LogP contribution >= 0.6 is 0 Å². The van der Waals surface area contributed by atoms with Gasteiger partial charge in [0.1, 0.15) is 5.82 Å². The fourth-order valence-electron chi connectivity index (χ4n) is 4.40. The number of piperazine rings is 1. The molecule has 0 radical (unpaired) electrons. The average molecular weight is 470 g/mol. The molecule has 3 heterocycles. The second-order valence-electron chi connectivity index (χ2n) is 8.71. The average Bonchev–Trinajstić information content (AvgIpc) is 2.90. The van der Waals surface area contributed by atoms with Crippen molar-refractivity contribution in [3.63, 3.8) is 0 Å². The van der Waals surface area contributed by atoms with Crippen molar-refractivity contribution in [3.8, 4) is 5.69 Å². The molecule has 1 fully saturated rings. The maximum Gasteiger partial charge on any atom is 0.337 e. The Labute approximate surface area is 203 Å². The van der Waals surface area contributed by atoms with E-state index < -0.39 is 5.97 Å². The Morgan fingerprint density at radius 3 is 2.37 bits per heavy atom. The van der Waals surface area contributed by atoms with E-state index in [2.05, 4.69) is 14.8 Å². The Bertz CT molecular complexity index is 1460. The summed E-state index contributed by atoms with van der Waals surface area (Å²) in [6.45, 7) is 6.94. The van der Waals surface area contributed by atoms with Crippen LogP contribution in [0.15, 0.2) is 65.6 Å². The number of hydrogen-bond donors (Lipinski definition) is 0. The number of aryl methyl sites for hydroxylation is 2. The van der Waals surface area contributed by atoms with Crippen LogP contribution in [0.5, 0.6) is 0 Å². The van der Waals surface area contributed by atoms with Crippen LogP contribution in [0.25, 0.3) is 16.6 Å². The summed E-state index contributed by atoms with van der Waals surface area (Å²) < 4.78 is 6.54. The lowest BCUT2D eigenvalue weighted by atomic mass is 10.1. The van der Waals surface area contributed by atoms with Gasteiger partial charge in [-0.05, 0) is 67.4 Å². The van der Waals surface area contributed by atoms with Crippen LogP contribution in [0, 0.1) is 13.8 Å². The highest BCUT2D eigenvalue weighted by atomic mass is 16.5. The number of methoxy groups -OCH3 is 1. The van der Waals surface area contributed by atoms with Crippen molar-refractivity contribution in [3.05, 3.63) is 87.8 Å². The molecule has 0 atom stereocenters. The molecule has 178 valence electrons. The lowest BCUT2D eigenvalue weighted by Gasteiger charge is -2.36. The molecule has 5 rings (SSSR count). The molecule has 0 N–H and O–H groups in total. The Hall–Kier alpha value is -4.20. The second kappa shape index (κ2) is 9.21. The Kier molecular flexibility index (Phi) is 5.94. The van der Waals surface area contributed by atoms with Crippen LogP contribution in [0.4, 0.5) is 11.8 Å². The van der Waals surface area contributed by atoms with E-state index in [-0.39, 0.29) is 5.56 Å². The zero-order valence-corrected chi connectivity index (χ0v) is 20.1. The number of nitrogens with zero attached hydrogens (tertiary/aromatic N) is 5. The minimum Gasteiger partial charge on any atom is -0.465 e. The maximum absolute atomic E-state index is 13.8. The predicted octanol–water partition coefficient (Wildman–Crippen LogP) is 3.51. The van der Waals surface area contributed by atoms with Gasteiger partial charge >= 0.3 is 5.97 Å². The third kappa shape index (κ3) is 4.23. The lowest BCUT2D eigenvalue weighted by molar-refractivity contribution is 0.0601. The number of hydrogen-bond acceptors (Lipinski definition) is 7. The van der Waals surface area contributed by atoms with Crippen molar-refractivity contribution >= 4 is 28.6 Å². The molecule has 1 aliphatic heterocycles. The molecule has 0 saturated carbocycles. The smallest absolute Gasteiger partial charge is 0.337 e. The van der Waals surface area contributed by atoms with Crippen LogP contribution in [0.1, 0.15) is 21.5 Å². The molecule has 0 unspecified atom stereocenters. The number of carbonyl (C=O) groups excluding carboxylic acids is 1. The highest BCUT2D eigenvalue weighted by Crippen LogP contribution is 2.24. The highest BCUT2D eigenvalue weighted by Gasteiger charge is 2.24. The summed E-state index contributed by atoms with van der Waals surface area (Å²) in [5.74, 6) is 1.04. The van der Waals surface area contributed by atoms with Crippen molar-refractivity contribution in [1.29, 1.82) is 0 Å². The van der Waals surface area contributed by atoms with Gasteiger partial charge < -0.3 is 14.5 Å². The van der Waals surface area contributed by atoms with Gasteiger partial charge in [0.25, 0.3) is 5.56 Å². The number of carbonyl (C=O) groups is 1. The van der Waals surface area contributed by atoms with Gasteiger partial charge in [-0.2, -0.15) is 0 Å². The number of rotatable bonds is 4. The molecule has 1 aliphatic rings. The Morgan fingerprint density at radius 1 is 0.914 bits per heavy atom. The molecule has 4 aromatic rings. The molecule has 0 aliphatic carbocycles. The SMILES string of the molecule is COC(=O)c1ccc2c(=O)n(-c3ccc(C)c(C)c3)c(N3CCN(c4ccccn4)CC3)nc2c1. The van der Waals surface area contributed by atoms with E-state index in [0.29, 0.717) is 35.5 Å². The highest BCUT2D eigenvalue weighted by molar-refractivity contribution is 5.94. The van der Waals surface area contributed by atoms with E-state index in [9.17, 15) is 9.59 Å². The molecule has 0 bridgehead atoms. The molecule has 0 amide bonds. The summed E-state index contributed by atoms with van der Waals surface area (Å²) in [6.07, 6.45) is 1.79. The maximum atomic E-state index is 13.8. The molecule has 35 heavy (non-hydrogen) atoms. The number of ether oxygens (including phenoxy) is 1. The summed E-state index contributed by atoms with van der Waals surface area (Å²) in [7, 11) is 1.34. The van der Waals surface area contributed by atoms with Crippen LogP contribution < -0.4 is 15.4 Å². The quantitative estimate of drug-likeness (QED) is 0.423. The van der Waals surface area contributed by atoms with E-state index >= 15 is 0 Å². The van der Waals surface area contributed by atoms with Gasteiger partial charge in [-0.25, -0.2) is 19.3 Å². The van der Waals surface area contributed by atoms with Gasteiger partial charge in [0.2, 0.25) is 5.95 Å². The molecule has 8 nitrogen and oxygen atoms in total. The number of aromatic nitrogens is 3. The van der Waals surface area contributed by atoms with Crippen LogP contribution in [-0.4, -0.2) is 53.8 Å². The largest absolute Gasteiger partial charge is 0.465 e. The zero-order valence-electron chi connectivity index (χ0n) is 20.1. The first-order chi connectivity index (χ1) is 17.0. The van der Waals surface area contributed by atoms with E-state index in [1.807, 2.05) is 50.2 Å². The first-order valence-electron chi connectivity index (χ1n) is 11.6. The monoisotopic (exact) mass is 469 g/mol. The third-order valence-corrected chi connectivity index (χ3v) is 6.56. The second-order valence-corrected chi connectivity index (χ2v) is 8.71. The molecule has 2 aromatic heterocycles. The number of fused-ring (bicyclic) bond motifs is 1. The topological polar surface area (TPSA) is 80.6 Å². The first-order valence-corrected chi connectivity index (χ1v) is 11.6. The summed E-state index contributed by atoms with van der Waals surface area (Å²) in [5, 5.41) is 0.451. The van der Waals surface area contributed by atoms with E-state index in [1.54, 1.807) is 29.0 Å². The van der Waals surface area contributed by atoms with Gasteiger partial charge in [0, 0.05) is 32.4 Å². The summed E-state index contributed by atoms with van der Waals surface area (Å²) in [6, 6.07) is 16.8. The van der Waals surface area contributed by atoms with Gasteiger partial charge in [0.15, 0.2) is 0 Å². The summed E-state index contributed by atoms with van der Waals surface area (Å²) in [5.41, 5.74) is 3.69. The van der Waals surface area contributed by atoms with Crippen molar-refractivity contribution < 1.29 is 9.53 Å². The molecule has 2 aromatic carbocycles. The van der Waals surface area contributed by atoms with E-state index in [0.717, 1.165) is 35.7 Å². The zero-order chi connectivity index (χ0) is 24.5. The molecule has 0 spiro atoms. The standard InChI is InChI=1S/C27H27N5O3/c1-18-7-9-21(16-19(18)2)32-25(33)22-10-8-20(26(34)35-3)17-23(22)29-27(32)31-14-12-30(13-15-31)24-6-4-5-11-28-24/h4-11,16-17H,12-15H2,1-3H3. The van der Waals surface area contributed by atoms with E-state index in [1.165, 1.54) is 7.11 Å². The first kappa shape index (κ1) is 22.6. The van der Waals surface area contributed by atoms with Crippen LogP contribution in [0.2, 0.25) is 0 Å². The third-order valence-electron chi connectivity index (χ3n) is 6.56. The van der Waals surface area contributed by atoms with Crippen molar-refractivity contribution in [2.45, 2.75) is 13.8 Å². The molecular weight excluding hydrogens is 442 g/mol. The van der Waals surface area contributed by atoms with Crippen molar-refractivity contribution in [2.75, 3.05) is 43.1 Å². The summed E-state index contributed by atoms with van der Waals surface area (Å²) >= 11 is 0. The number of benzene rings is 2. The molecule has 1 saturated heterocycles. The Morgan fingerprint density at radius 2 is 1.69 bits per heavy atom. The van der Waals surface area contributed by atoms with Gasteiger partial charge in [-0.1, -0.05) is 12.1 Å². The number of anilines is 2. The predicted molar refractivity (Wildman–Crippen MR) is 137 cm³/mol. The van der Waals surface area contributed by atoms with Crippen LogP contribution in [-0.2, 0) is 4.74 Å². The van der Waals surface area contributed by atoms with E-state index in [4.69, 9.17) is 9.72 Å². The van der Waals surface area contributed by atoms with Gasteiger partial charge in [-0.3, -0.25) is 4.79 Å². The lowest BCUT2D eigenvalue weighted by Crippen LogP contribution is -2.48.